The van der Waals surface area contributed by atoms with E-state index in [-0.39, 0.29) is 28.7 Å². The Balaban J connectivity index is 1.27. The molecule has 4 aromatic rings. The average molecular weight is 957 g/mol. The zero-order valence-corrected chi connectivity index (χ0v) is 36.5. The molecule has 6 rings (SSSR count). The normalized spacial score (nSPS) is 24.7. The minimum Gasteiger partial charge on any atom is -0.508 e. The average Bonchev–Trinajstić information content (AvgIpc) is 3.59. The molecular weight excluding hydrogens is 909 g/mol. The molecule has 0 aromatic heterocycles. The molecule has 20 heteroatoms. The van der Waals surface area contributed by atoms with Crippen LogP contribution in [0.1, 0.15) is 22.3 Å². The van der Waals surface area contributed by atoms with Gasteiger partial charge >= 0.3 is 23.9 Å². The molecule has 0 aliphatic carbocycles. The maximum absolute atomic E-state index is 13.5. The van der Waals surface area contributed by atoms with Crippen molar-refractivity contribution in [3.63, 3.8) is 0 Å². The van der Waals surface area contributed by atoms with E-state index in [2.05, 4.69) is 0 Å². The van der Waals surface area contributed by atoms with Crippen LogP contribution in [0, 0.1) is 0 Å². The molecule has 2 aliphatic rings. The lowest BCUT2D eigenvalue weighted by Gasteiger charge is -2.43. The van der Waals surface area contributed by atoms with E-state index < -0.39 is 98.5 Å². The fourth-order valence-corrected chi connectivity index (χ4v) is 6.75. The number of aromatic hydroxyl groups is 4. The van der Waals surface area contributed by atoms with E-state index in [1.54, 1.807) is 0 Å². The van der Waals surface area contributed by atoms with E-state index in [1.807, 2.05) is 0 Å². The molecule has 2 heterocycles. The van der Waals surface area contributed by atoms with E-state index in [0.717, 1.165) is 24.3 Å². The summed E-state index contributed by atoms with van der Waals surface area (Å²) in [5.41, 5.74) is 1.85. The Hall–Kier alpha value is -7.56. The van der Waals surface area contributed by atoms with Crippen LogP contribution in [-0.2, 0) is 52.3 Å². The SMILES string of the molecule is COc1cc(/C=C/C(=O)OC[C@@H]2O[C@@H](O[C@]3(COC(=O)/C=C\c4ccc(O)cc4)O[C@H](COC(=O)/C=C\c4ccc(O)cc4)[C@@H](O)[C@H]3OC(=O)/C=C\c3ccc(O)cc3)[C@@H](O)[C@H](O)[C@H]2O)ccc1O. The number of methoxy groups -OCH3 is 1. The van der Waals surface area contributed by atoms with Crippen LogP contribution in [-0.4, -0.2) is 146 Å². The molecule has 4 aromatic carbocycles. The second-order valence-corrected chi connectivity index (χ2v) is 15.4. The lowest BCUT2D eigenvalue weighted by molar-refractivity contribution is -0.383. The van der Waals surface area contributed by atoms with Gasteiger partial charge in [0.25, 0.3) is 0 Å². The number of carbonyl (C=O) groups excluding carboxylic acids is 4. The molecule has 0 amide bonds. The Morgan fingerprint density at radius 2 is 1.00 bits per heavy atom. The topological polar surface area (TPSA) is 304 Å². The standard InChI is InChI=1S/C49H48O20/c1-62-36-24-31(8-19-35(36)53)12-22-40(55)63-25-37-43(58)45(60)46(61)48(66-37)69-49(27-65-41(56)21-10-29-4-15-33(51)16-5-29)47(67-42(57)23-11-30-6-17-34(52)18-7-30)44(59)38(68-49)26-64-39(54)20-9-28-2-13-32(50)14-3-28/h2-24,37-38,43-48,50-53,58-61H,25-27H2,1H3/b20-9-,21-10-,22-12+,23-11-/t37-,38+,43-,44+,45+,46-,47+,48-,49-/m0/s1. The number of phenolic OH excluding ortho intramolecular Hbond substituents is 4. The van der Waals surface area contributed by atoms with Gasteiger partial charge < -0.3 is 78.7 Å². The number of carbonyl (C=O) groups is 4. The van der Waals surface area contributed by atoms with Gasteiger partial charge in [-0.05, 0) is 95.1 Å². The zero-order chi connectivity index (χ0) is 49.7. The van der Waals surface area contributed by atoms with Gasteiger partial charge in [0, 0.05) is 24.3 Å². The van der Waals surface area contributed by atoms with Crippen LogP contribution in [0.4, 0.5) is 0 Å². The number of aliphatic hydroxyl groups excluding tert-OH is 4. The summed E-state index contributed by atoms with van der Waals surface area (Å²) in [5, 5.41) is 83.7. The molecule has 8 N–H and O–H groups in total. The molecule has 69 heavy (non-hydrogen) atoms. The van der Waals surface area contributed by atoms with Gasteiger partial charge in [-0.15, -0.1) is 0 Å². The molecule has 0 spiro atoms. The summed E-state index contributed by atoms with van der Waals surface area (Å²) in [6.45, 7) is -2.57. The highest BCUT2D eigenvalue weighted by Crippen LogP contribution is 2.39. The van der Waals surface area contributed by atoms with E-state index in [1.165, 1.54) is 122 Å². The fourth-order valence-electron chi connectivity index (χ4n) is 6.75. The number of rotatable bonds is 18. The maximum atomic E-state index is 13.5. The van der Waals surface area contributed by atoms with Crippen LogP contribution in [0.5, 0.6) is 28.7 Å². The van der Waals surface area contributed by atoms with Crippen LogP contribution in [0.2, 0.25) is 0 Å². The predicted octanol–water partition coefficient (Wildman–Crippen LogP) is 2.49. The highest BCUT2D eigenvalue weighted by molar-refractivity contribution is 5.89. The lowest BCUT2D eigenvalue weighted by Crippen LogP contribution is -2.63. The van der Waals surface area contributed by atoms with E-state index in [4.69, 9.17) is 37.9 Å². The van der Waals surface area contributed by atoms with E-state index in [0.29, 0.717) is 22.3 Å². The van der Waals surface area contributed by atoms with E-state index >= 15 is 0 Å². The molecule has 2 saturated heterocycles. The number of hydrogen-bond acceptors (Lipinski definition) is 20. The van der Waals surface area contributed by atoms with Crippen molar-refractivity contribution in [2.45, 2.75) is 54.8 Å². The van der Waals surface area contributed by atoms with Crippen molar-refractivity contribution < 1.29 is 97.9 Å². The molecule has 2 aliphatic heterocycles. The molecule has 9 atom stereocenters. The lowest BCUT2D eigenvalue weighted by atomic mass is 9.98. The molecular formula is C49H48O20. The molecule has 0 radical (unpaired) electrons. The third kappa shape index (κ3) is 14.0. The number of aliphatic hydroxyl groups is 4. The quantitative estimate of drug-likeness (QED) is 0.0404. The van der Waals surface area contributed by atoms with Crippen molar-refractivity contribution in [3.05, 3.63) is 138 Å². The molecule has 364 valence electrons. The van der Waals surface area contributed by atoms with E-state index in [9.17, 15) is 60.0 Å². The first-order chi connectivity index (χ1) is 33.0. The molecule has 0 bridgehead atoms. The molecule has 0 saturated carbocycles. The van der Waals surface area contributed by atoms with Crippen LogP contribution < -0.4 is 4.74 Å². The number of phenols is 4. The first-order valence-electron chi connectivity index (χ1n) is 20.9. The first kappa shape index (κ1) is 50.8. The number of esters is 4. The highest BCUT2D eigenvalue weighted by atomic mass is 16.8. The summed E-state index contributed by atoms with van der Waals surface area (Å²) in [7, 11) is 1.34. The maximum Gasteiger partial charge on any atom is 0.331 e. The van der Waals surface area contributed by atoms with Gasteiger partial charge in [0.05, 0.1) is 7.11 Å². The van der Waals surface area contributed by atoms with Crippen LogP contribution in [0.15, 0.2) is 115 Å². The Morgan fingerprint density at radius 1 is 0.551 bits per heavy atom. The summed E-state index contributed by atoms with van der Waals surface area (Å²) < 4.78 is 45.0. The van der Waals surface area contributed by atoms with Gasteiger partial charge in [-0.3, -0.25) is 0 Å². The number of hydrogen-bond donors (Lipinski definition) is 8. The summed E-state index contributed by atoms with van der Waals surface area (Å²) >= 11 is 0. The second-order valence-electron chi connectivity index (χ2n) is 15.4. The Kier molecular flexibility index (Phi) is 17.3. The van der Waals surface area contributed by atoms with Gasteiger partial charge in [-0.25, -0.2) is 19.2 Å². The van der Waals surface area contributed by atoms with Gasteiger partial charge in [0.2, 0.25) is 5.79 Å². The first-order valence-corrected chi connectivity index (χ1v) is 20.9. The van der Waals surface area contributed by atoms with Crippen molar-refractivity contribution in [2.24, 2.45) is 0 Å². The molecule has 0 unspecified atom stereocenters. The predicted molar refractivity (Wildman–Crippen MR) is 239 cm³/mol. The Labute approximate surface area is 393 Å². The Bertz CT molecular complexity index is 2520. The smallest absolute Gasteiger partial charge is 0.331 e. The van der Waals surface area contributed by atoms with Gasteiger partial charge in [0.1, 0.15) is 73.7 Å². The van der Waals surface area contributed by atoms with Crippen molar-refractivity contribution in [3.8, 4) is 28.7 Å². The molecule has 20 nitrogen and oxygen atoms in total. The van der Waals surface area contributed by atoms with Gasteiger partial charge in [-0.2, -0.15) is 0 Å². The van der Waals surface area contributed by atoms with Crippen LogP contribution in [0.25, 0.3) is 24.3 Å². The monoisotopic (exact) mass is 956 g/mol. The second kappa shape index (κ2) is 23.4. The number of benzene rings is 4. The zero-order valence-electron chi connectivity index (χ0n) is 36.5. The summed E-state index contributed by atoms with van der Waals surface area (Å²) in [5.74, 6) is -6.87. The minimum atomic E-state index is -2.69. The van der Waals surface area contributed by atoms with Crippen molar-refractivity contribution in [1.82, 2.24) is 0 Å². The third-order valence-corrected chi connectivity index (χ3v) is 10.4. The number of ether oxygens (including phenoxy) is 8. The summed E-state index contributed by atoms with van der Waals surface area (Å²) in [6.07, 6.45) is -6.19. The van der Waals surface area contributed by atoms with Gasteiger partial charge in [0.15, 0.2) is 23.9 Å². The molecule has 2 fully saturated rings. The Morgan fingerprint density at radius 3 is 1.51 bits per heavy atom. The van der Waals surface area contributed by atoms with Crippen molar-refractivity contribution in [2.75, 3.05) is 26.9 Å². The van der Waals surface area contributed by atoms with Crippen LogP contribution >= 0.6 is 0 Å². The highest BCUT2D eigenvalue weighted by Gasteiger charge is 2.62. The fraction of sp³-hybridized carbons (Fsp3) is 0.265. The van der Waals surface area contributed by atoms with Gasteiger partial charge in [-0.1, -0.05) is 42.5 Å². The van der Waals surface area contributed by atoms with Crippen molar-refractivity contribution >= 4 is 48.2 Å². The summed E-state index contributed by atoms with van der Waals surface area (Å²) in [6, 6.07) is 21.5. The third-order valence-electron chi connectivity index (χ3n) is 10.4. The van der Waals surface area contributed by atoms with Crippen LogP contribution in [0.3, 0.4) is 0 Å². The minimum absolute atomic E-state index is 0.00809. The van der Waals surface area contributed by atoms with Crippen molar-refractivity contribution in [1.29, 1.82) is 0 Å². The summed E-state index contributed by atoms with van der Waals surface area (Å²) in [4.78, 5) is 52.4. The largest absolute Gasteiger partial charge is 0.508 e.